The summed E-state index contributed by atoms with van der Waals surface area (Å²) in [6.45, 7) is 9.57. The topological polar surface area (TPSA) is 35.8 Å². The van der Waals surface area contributed by atoms with E-state index in [0.29, 0.717) is 0 Å². The zero-order chi connectivity index (χ0) is 14.1. The standard InChI is InChI=1S/C17H24N2/c1-13-6-7-14(16(2,3)4)10-15(13)19-12-17(11-18)8-5-9-17/h6-7,10,19H,5,8-9,12H2,1-4H3. The molecule has 0 bridgehead atoms. The van der Waals surface area contributed by atoms with Gasteiger partial charge < -0.3 is 5.32 Å². The van der Waals surface area contributed by atoms with E-state index < -0.39 is 0 Å². The van der Waals surface area contributed by atoms with Crippen LogP contribution in [0.3, 0.4) is 0 Å². The minimum Gasteiger partial charge on any atom is -0.383 e. The average molecular weight is 256 g/mol. The largest absolute Gasteiger partial charge is 0.383 e. The predicted molar refractivity (Wildman–Crippen MR) is 80.3 cm³/mol. The summed E-state index contributed by atoms with van der Waals surface area (Å²) in [6, 6.07) is 9.09. The molecule has 0 aliphatic heterocycles. The van der Waals surface area contributed by atoms with Crippen LogP contribution in [0.4, 0.5) is 5.69 Å². The summed E-state index contributed by atoms with van der Waals surface area (Å²) in [4.78, 5) is 0. The van der Waals surface area contributed by atoms with E-state index in [0.717, 1.165) is 19.4 Å². The van der Waals surface area contributed by atoms with E-state index in [9.17, 15) is 5.26 Å². The third-order valence-corrected chi connectivity index (χ3v) is 4.27. The number of nitrogens with one attached hydrogen (secondary N) is 1. The second-order valence-electron chi connectivity index (χ2n) is 6.88. The Morgan fingerprint density at radius 1 is 1.32 bits per heavy atom. The number of hydrogen-bond acceptors (Lipinski definition) is 2. The normalized spacial score (nSPS) is 17.4. The SMILES string of the molecule is Cc1ccc(C(C)(C)C)cc1NCC1(C#N)CCC1. The van der Waals surface area contributed by atoms with Crippen LogP contribution in [-0.4, -0.2) is 6.54 Å². The predicted octanol–water partition coefficient (Wildman–Crippen LogP) is 4.40. The molecule has 2 nitrogen and oxygen atoms in total. The minimum absolute atomic E-state index is 0.121. The van der Waals surface area contributed by atoms with Crippen LogP contribution in [0.5, 0.6) is 0 Å². The maximum atomic E-state index is 9.28. The summed E-state index contributed by atoms with van der Waals surface area (Å²) >= 11 is 0. The molecule has 1 aliphatic rings. The number of benzene rings is 1. The van der Waals surface area contributed by atoms with E-state index in [1.54, 1.807) is 0 Å². The van der Waals surface area contributed by atoms with Gasteiger partial charge in [0, 0.05) is 12.2 Å². The molecule has 102 valence electrons. The molecule has 2 rings (SSSR count). The van der Waals surface area contributed by atoms with Crippen molar-refractivity contribution in [3.63, 3.8) is 0 Å². The summed E-state index contributed by atoms with van der Waals surface area (Å²) in [7, 11) is 0. The Balaban J connectivity index is 2.14. The molecule has 0 unspecified atom stereocenters. The van der Waals surface area contributed by atoms with Gasteiger partial charge >= 0.3 is 0 Å². The first-order valence-electron chi connectivity index (χ1n) is 7.13. The van der Waals surface area contributed by atoms with Crippen LogP contribution in [0.25, 0.3) is 0 Å². The molecule has 0 amide bonds. The lowest BCUT2D eigenvalue weighted by atomic mass is 9.70. The average Bonchev–Trinajstić information content (AvgIpc) is 2.29. The molecule has 2 heteroatoms. The number of anilines is 1. The number of rotatable bonds is 3. The van der Waals surface area contributed by atoms with E-state index in [4.69, 9.17) is 0 Å². The molecule has 0 saturated heterocycles. The maximum Gasteiger partial charge on any atom is 0.0746 e. The zero-order valence-electron chi connectivity index (χ0n) is 12.5. The van der Waals surface area contributed by atoms with Crippen LogP contribution in [0.1, 0.15) is 51.2 Å². The van der Waals surface area contributed by atoms with Gasteiger partial charge in [-0.3, -0.25) is 0 Å². The molecule has 19 heavy (non-hydrogen) atoms. The van der Waals surface area contributed by atoms with Crippen molar-refractivity contribution in [1.29, 1.82) is 5.26 Å². The monoisotopic (exact) mass is 256 g/mol. The van der Waals surface area contributed by atoms with Gasteiger partial charge in [0.1, 0.15) is 0 Å². The molecule has 1 N–H and O–H groups in total. The van der Waals surface area contributed by atoms with Crippen LogP contribution in [-0.2, 0) is 5.41 Å². The van der Waals surface area contributed by atoms with Crippen molar-refractivity contribution in [2.45, 2.75) is 52.4 Å². The fourth-order valence-electron chi connectivity index (χ4n) is 2.48. The third-order valence-electron chi connectivity index (χ3n) is 4.27. The van der Waals surface area contributed by atoms with Gasteiger partial charge in [-0.2, -0.15) is 5.26 Å². The van der Waals surface area contributed by atoms with E-state index >= 15 is 0 Å². The molecule has 0 radical (unpaired) electrons. The number of hydrogen-bond donors (Lipinski definition) is 1. The molecular weight excluding hydrogens is 232 g/mol. The Hall–Kier alpha value is -1.49. The number of nitriles is 1. The summed E-state index contributed by atoms with van der Waals surface area (Å²) in [5.74, 6) is 0. The van der Waals surface area contributed by atoms with E-state index in [1.165, 1.54) is 23.2 Å². The zero-order valence-corrected chi connectivity index (χ0v) is 12.5. The smallest absolute Gasteiger partial charge is 0.0746 e. The highest BCUT2D eigenvalue weighted by Crippen LogP contribution is 2.40. The second-order valence-corrected chi connectivity index (χ2v) is 6.88. The van der Waals surface area contributed by atoms with Crippen molar-refractivity contribution >= 4 is 5.69 Å². The van der Waals surface area contributed by atoms with E-state index in [2.05, 4.69) is 57.3 Å². The maximum absolute atomic E-state index is 9.28. The summed E-state index contributed by atoms with van der Waals surface area (Å²) in [6.07, 6.45) is 3.26. The molecule has 0 aromatic heterocycles. The highest BCUT2D eigenvalue weighted by molar-refractivity contribution is 5.54. The Labute approximate surface area is 116 Å². The first-order valence-corrected chi connectivity index (χ1v) is 7.13. The summed E-state index contributed by atoms with van der Waals surface area (Å²) in [5.41, 5.74) is 3.80. The minimum atomic E-state index is -0.121. The quantitative estimate of drug-likeness (QED) is 0.870. The van der Waals surface area contributed by atoms with Crippen molar-refractivity contribution in [2.75, 3.05) is 11.9 Å². The van der Waals surface area contributed by atoms with Crippen LogP contribution < -0.4 is 5.32 Å². The summed E-state index contributed by atoms with van der Waals surface area (Å²) < 4.78 is 0. The van der Waals surface area contributed by atoms with Gasteiger partial charge in [-0.15, -0.1) is 0 Å². The van der Waals surface area contributed by atoms with Crippen molar-refractivity contribution in [1.82, 2.24) is 0 Å². The molecule has 1 saturated carbocycles. The number of aryl methyl sites for hydroxylation is 1. The van der Waals surface area contributed by atoms with Crippen LogP contribution in [0.2, 0.25) is 0 Å². The Kier molecular flexibility index (Phi) is 3.58. The fraction of sp³-hybridized carbons (Fsp3) is 0.588. The van der Waals surface area contributed by atoms with Crippen LogP contribution in [0, 0.1) is 23.7 Å². The molecule has 0 spiro atoms. The molecular formula is C17H24N2. The van der Waals surface area contributed by atoms with Crippen LogP contribution in [0.15, 0.2) is 18.2 Å². The Morgan fingerprint density at radius 2 is 2.00 bits per heavy atom. The lowest BCUT2D eigenvalue weighted by molar-refractivity contribution is 0.233. The summed E-state index contributed by atoms with van der Waals surface area (Å²) in [5, 5.41) is 12.8. The molecule has 1 fully saturated rings. The lowest BCUT2D eigenvalue weighted by Gasteiger charge is -2.35. The molecule has 1 aromatic rings. The Morgan fingerprint density at radius 3 is 2.47 bits per heavy atom. The van der Waals surface area contributed by atoms with E-state index in [-0.39, 0.29) is 10.8 Å². The van der Waals surface area contributed by atoms with Gasteiger partial charge in [-0.25, -0.2) is 0 Å². The molecule has 1 aromatic carbocycles. The first-order chi connectivity index (χ1) is 8.86. The fourth-order valence-corrected chi connectivity index (χ4v) is 2.48. The van der Waals surface area contributed by atoms with Gasteiger partial charge in [0.25, 0.3) is 0 Å². The van der Waals surface area contributed by atoms with E-state index in [1.807, 2.05) is 0 Å². The second kappa shape index (κ2) is 4.89. The highest BCUT2D eigenvalue weighted by Gasteiger charge is 2.36. The number of nitrogens with zero attached hydrogens (tertiary/aromatic N) is 1. The van der Waals surface area contributed by atoms with Crippen molar-refractivity contribution in [3.05, 3.63) is 29.3 Å². The van der Waals surface area contributed by atoms with Gasteiger partial charge in [0.15, 0.2) is 0 Å². The molecule has 0 heterocycles. The highest BCUT2D eigenvalue weighted by atomic mass is 14.9. The van der Waals surface area contributed by atoms with Crippen molar-refractivity contribution in [3.8, 4) is 6.07 Å². The molecule has 0 atom stereocenters. The van der Waals surface area contributed by atoms with Gasteiger partial charge in [-0.1, -0.05) is 39.3 Å². The van der Waals surface area contributed by atoms with Crippen LogP contribution >= 0.6 is 0 Å². The van der Waals surface area contributed by atoms with Crippen molar-refractivity contribution < 1.29 is 0 Å². The molecule has 1 aliphatic carbocycles. The van der Waals surface area contributed by atoms with Crippen molar-refractivity contribution in [2.24, 2.45) is 5.41 Å². The first kappa shape index (κ1) is 13.9. The van der Waals surface area contributed by atoms with Gasteiger partial charge in [0.05, 0.1) is 11.5 Å². The Bertz CT molecular complexity index is 499. The third kappa shape index (κ3) is 2.92. The van der Waals surface area contributed by atoms with Gasteiger partial charge in [-0.05, 0) is 42.4 Å². The van der Waals surface area contributed by atoms with Gasteiger partial charge in [0.2, 0.25) is 0 Å². The lowest BCUT2D eigenvalue weighted by Crippen LogP contribution is -2.35.